The Morgan fingerprint density at radius 3 is 2.35 bits per heavy atom. The number of aliphatic hydroxyl groups excluding tert-OH is 1. The van der Waals surface area contributed by atoms with Crippen molar-refractivity contribution in [2.75, 3.05) is 13.7 Å². The van der Waals surface area contributed by atoms with E-state index in [9.17, 15) is 24.8 Å². The molecule has 0 saturated carbocycles. The van der Waals surface area contributed by atoms with Gasteiger partial charge in [0.05, 0.1) is 25.3 Å². The fourth-order valence-corrected chi connectivity index (χ4v) is 2.74. The van der Waals surface area contributed by atoms with Crippen LogP contribution in [0.1, 0.15) is 16.7 Å². The Balaban J connectivity index is 2.00. The highest BCUT2D eigenvalue weighted by molar-refractivity contribution is 5.89. The number of nitrogens with one attached hydrogen (secondary N) is 2. The topological polar surface area (TPSA) is 138 Å². The van der Waals surface area contributed by atoms with Gasteiger partial charge in [-0.25, -0.2) is 9.59 Å². The van der Waals surface area contributed by atoms with Gasteiger partial charge in [-0.05, 0) is 17.2 Å². The number of methoxy groups -OCH3 is 1. The van der Waals surface area contributed by atoms with Crippen molar-refractivity contribution in [2.24, 2.45) is 0 Å². The van der Waals surface area contributed by atoms with Crippen LogP contribution in [0.25, 0.3) is 0 Å². The molecule has 0 unspecified atom stereocenters. The maximum absolute atomic E-state index is 12.5. The molecule has 2 rings (SSSR count). The summed E-state index contributed by atoms with van der Waals surface area (Å²) < 4.78 is 9.77. The Morgan fingerprint density at radius 1 is 1.03 bits per heavy atom. The molecular formula is C22H23N3O6. The summed E-state index contributed by atoms with van der Waals surface area (Å²) in [7, 11) is 1.17. The van der Waals surface area contributed by atoms with Gasteiger partial charge in [0.1, 0.15) is 18.7 Å². The van der Waals surface area contributed by atoms with E-state index in [2.05, 4.69) is 10.6 Å². The number of hydrogen-bond donors (Lipinski definition) is 3. The molecule has 2 atom stereocenters. The van der Waals surface area contributed by atoms with Crippen molar-refractivity contribution in [1.82, 2.24) is 10.6 Å². The van der Waals surface area contributed by atoms with Gasteiger partial charge in [-0.3, -0.25) is 4.79 Å². The first-order valence-electron chi connectivity index (χ1n) is 9.42. The van der Waals surface area contributed by atoms with Crippen molar-refractivity contribution in [1.29, 1.82) is 5.26 Å². The number of carbonyl (C=O) groups is 3. The molecule has 0 aliphatic carbocycles. The molecule has 162 valence electrons. The molecule has 9 nitrogen and oxygen atoms in total. The summed E-state index contributed by atoms with van der Waals surface area (Å²) in [5, 5.41) is 23.4. The van der Waals surface area contributed by atoms with Crippen LogP contribution in [0.2, 0.25) is 0 Å². The quantitative estimate of drug-likeness (QED) is 0.511. The smallest absolute Gasteiger partial charge is 0.408 e. The second-order valence-electron chi connectivity index (χ2n) is 6.50. The highest BCUT2D eigenvalue weighted by atomic mass is 16.5. The number of nitrogens with zero attached hydrogens (tertiary/aromatic N) is 1. The number of aliphatic hydroxyl groups is 1. The minimum absolute atomic E-state index is 0.00124. The molecule has 0 radical (unpaired) electrons. The van der Waals surface area contributed by atoms with E-state index in [0.717, 1.165) is 5.56 Å². The van der Waals surface area contributed by atoms with E-state index >= 15 is 0 Å². The van der Waals surface area contributed by atoms with Crippen molar-refractivity contribution in [3.05, 3.63) is 71.3 Å². The maximum Gasteiger partial charge on any atom is 0.408 e. The zero-order valence-electron chi connectivity index (χ0n) is 16.9. The predicted molar refractivity (Wildman–Crippen MR) is 109 cm³/mol. The lowest BCUT2D eigenvalue weighted by molar-refractivity contribution is -0.145. The SMILES string of the molecule is COC(=O)[C@H](Cc1ccccc1C#N)NC(=O)[C@H](CO)NC(=O)OCc1ccccc1. The van der Waals surface area contributed by atoms with Crippen LogP contribution in [0, 0.1) is 11.3 Å². The molecule has 0 saturated heterocycles. The number of ether oxygens (including phenoxy) is 2. The highest BCUT2D eigenvalue weighted by Crippen LogP contribution is 2.11. The average molecular weight is 425 g/mol. The maximum atomic E-state index is 12.5. The molecule has 2 amide bonds. The van der Waals surface area contributed by atoms with Gasteiger partial charge < -0.3 is 25.2 Å². The Labute approximate surface area is 179 Å². The Bertz CT molecular complexity index is 942. The zero-order valence-corrected chi connectivity index (χ0v) is 16.9. The van der Waals surface area contributed by atoms with Gasteiger partial charge >= 0.3 is 12.1 Å². The van der Waals surface area contributed by atoms with Gasteiger partial charge in [0.25, 0.3) is 0 Å². The van der Waals surface area contributed by atoms with Gasteiger partial charge in [-0.1, -0.05) is 48.5 Å². The second kappa shape index (κ2) is 11.9. The molecule has 3 N–H and O–H groups in total. The minimum atomic E-state index is -1.35. The summed E-state index contributed by atoms with van der Waals surface area (Å²) in [6, 6.07) is 15.1. The first kappa shape index (κ1) is 23.4. The minimum Gasteiger partial charge on any atom is -0.467 e. The van der Waals surface area contributed by atoms with E-state index in [4.69, 9.17) is 9.47 Å². The first-order valence-corrected chi connectivity index (χ1v) is 9.42. The van der Waals surface area contributed by atoms with Gasteiger partial charge in [-0.15, -0.1) is 0 Å². The van der Waals surface area contributed by atoms with Crippen LogP contribution in [0.5, 0.6) is 0 Å². The molecule has 2 aromatic rings. The number of amides is 2. The summed E-state index contributed by atoms with van der Waals surface area (Å²) in [6.07, 6.45) is -0.902. The van der Waals surface area contributed by atoms with Crippen LogP contribution < -0.4 is 10.6 Å². The zero-order chi connectivity index (χ0) is 22.6. The average Bonchev–Trinajstić information content (AvgIpc) is 2.81. The van der Waals surface area contributed by atoms with Gasteiger partial charge in [0.15, 0.2) is 0 Å². The third-order valence-electron chi connectivity index (χ3n) is 4.37. The third-order valence-corrected chi connectivity index (χ3v) is 4.37. The summed E-state index contributed by atoms with van der Waals surface area (Å²) >= 11 is 0. The fourth-order valence-electron chi connectivity index (χ4n) is 2.74. The summed E-state index contributed by atoms with van der Waals surface area (Å²) in [5.74, 6) is -1.53. The number of nitriles is 1. The van der Waals surface area contributed by atoms with Crippen LogP contribution in [0.4, 0.5) is 4.79 Å². The molecule has 0 spiro atoms. The van der Waals surface area contributed by atoms with E-state index in [-0.39, 0.29) is 13.0 Å². The van der Waals surface area contributed by atoms with Crippen molar-refractivity contribution < 1.29 is 29.0 Å². The van der Waals surface area contributed by atoms with Crippen molar-refractivity contribution >= 4 is 18.0 Å². The van der Waals surface area contributed by atoms with Gasteiger partial charge in [0, 0.05) is 6.42 Å². The number of benzene rings is 2. The van der Waals surface area contributed by atoms with Crippen molar-refractivity contribution in [2.45, 2.75) is 25.1 Å². The van der Waals surface area contributed by atoms with Crippen molar-refractivity contribution in [3.8, 4) is 6.07 Å². The van der Waals surface area contributed by atoms with E-state index in [1.54, 1.807) is 48.5 Å². The fraction of sp³-hybridized carbons (Fsp3) is 0.273. The van der Waals surface area contributed by atoms with Crippen LogP contribution in [0.15, 0.2) is 54.6 Å². The number of esters is 1. The third kappa shape index (κ3) is 7.13. The van der Waals surface area contributed by atoms with Crippen molar-refractivity contribution in [3.63, 3.8) is 0 Å². The predicted octanol–water partition coefficient (Wildman–Crippen LogP) is 1.05. The number of hydrogen-bond acceptors (Lipinski definition) is 7. The van der Waals surface area contributed by atoms with Gasteiger partial charge in [0.2, 0.25) is 5.91 Å². The van der Waals surface area contributed by atoms with E-state index in [1.807, 2.05) is 12.1 Å². The van der Waals surface area contributed by atoms with Gasteiger partial charge in [-0.2, -0.15) is 5.26 Å². The molecule has 0 bridgehead atoms. The lowest BCUT2D eigenvalue weighted by Gasteiger charge is -2.21. The highest BCUT2D eigenvalue weighted by Gasteiger charge is 2.28. The van der Waals surface area contributed by atoms with Crippen LogP contribution in [-0.4, -0.2) is 48.9 Å². The first-order chi connectivity index (χ1) is 15.0. The van der Waals surface area contributed by atoms with Crippen LogP contribution in [0.3, 0.4) is 0 Å². The molecule has 0 aromatic heterocycles. The molecule has 31 heavy (non-hydrogen) atoms. The Morgan fingerprint density at radius 2 is 1.71 bits per heavy atom. The van der Waals surface area contributed by atoms with E-state index < -0.39 is 36.7 Å². The largest absolute Gasteiger partial charge is 0.467 e. The van der Waals surface area contributed by atoms with E-state index in [0.29, 0.717) is 11.1 Å². The lowest BCUT2D eigenvalue weighted by Crippen LogP contribution is -2.54. The molecule has 9 heteroatoms. The lowest BCUT2D eigenvalue weighted by atomic mass is 10.0. The monoisotopic (exact) mass is 425 g/mol. The Kier molecular flexibility index (Phi) is 9.01. The summed E-state index contributed by atoms with van der Waals surface area (Å²) in [6.45, 7) is -0.725. The normalized spacial score (nSPS) is 12.0. The summed E-state index contributed by atoms with van der Waals surface area (Å²) in [4.78, 5) is 36.7. The molecule has 0 aliphatic heterocycles. The molecule has 2 aromatic carbocycles. The Hall–Kier alpha value is -3.90. The van der Waals surface area contributed by atoms with Crippen LogP contribution in [-0.2, 0) is 32.1 Å². The molecule has 0 fully saturated rings. The molecule has 0 aliphatic rings. The standard InChI is InChI=1S/C22H23N3O6/c1-30-21(28)18(11-16-9-5-6-10-17(16)12-23)24-20(27)19(13-26)25-22(29)31-14-15-7-3-2-4-8-15/h2-10,18-19,26H,11,13-14H2,1H3,(H,24,27)(H,25,29)/t18-,19-/m0/s1. The number of carbonyl (C=O) groups excluding carboxylic acids is 3. The molecule has 0 heterocycles. The number of rotatable bonds is 9. The summed E-state index contributed by atoms with van der Waals surface area (Å²) in [5.41, 5.74) is 1.65. The number of alkyl carbamates (subject to hydrolysis) is 1. The van der Waals surface area contributed by atoms with E-state index in [1.165, 1.54) is 7.11 Å². The second-order valence-corrected chi connectivity index (χ2v) is 6.50. The molecular weight excluding hydrogens is 402 g/mol. The van der Waals surface area contributed by atoms with Crippen LogP contribution >= 0.6 is 0 Å².